The predicted octanol–water partition coefficient (Wildman–Crippen LogP) is 2.25. The first-order valence-electron chi connectivity index (χ1n) is 8.73. The molecular weight excluding hydrogens is 332 g/mol. The fraction of sp³-hybridized carbons (Fsp3) is 0.421. The minimum atomic E-state index is -0.211. The number of aliphatic hydroxyl groups excluding tert-OH is 1. The molecule has 0 aliphatic carbocycles. The van der Waals surface area contributed by atoms with E-state index in [0.29, 0.717) is 31.2 Å². The van der Waals surface area contributed by atoms with E-state index < -0.39 is 0 Å². The lowest BCUT2D eigenvalue weighted by Crippen LogP contribution is -2.46. The van der Waals surface area contributed by atoms with Gasteiger partial charge in [-0.1, -0.05) is 30.3 Å². The monoisotopic (exact) mass is 356 g/mol. The molecule has 2 aromatic rings. The van der Waals surface area contributed by atoms with Gasteiger partial charge in [-0.15, -0.1) is 0 Å². The van der Waals surface area contributed by atoms with Crippen molar-refractivity contribution in [3.05, 3.63) is 54.0 Å². The summed E-state index contributed by atoms with van der Waals surface area (Å²) in [5.41, 5.74) is 1.92. The molecule has 0 saturated carbocycles. The molecule has 2 amide bonds. The van der Waals surface area contributed by atoms with Crippen molar-refractivity contribution in [3.8, 4) is 0 Å². The molecule has 1 saturated heterocycles. The smallest absolute Gasteiger partial charge is 0.323 e. The van der Waals surface area contributed by atoms with Gasteiger partial charge in [0.1, 0.15) is 12.1 Å². The Morgan fingerprint density at radius 1 is 1.35 bits per heavy atom. The van der Waals surface area contributed by atoms with E-state index in [2.05, 4.69) is 27.4 Å². The van der Waals surface area contributed by atoms with Crippen LogP contribution in [0.3, 0.4) is 0 Å². The first-order valence-corrected chi connectivity index (χ1v) is 8.73. The number of anilines is 1. The Kier molecular flexibility index (Phi) is 6.14. The molecule has 138 valence electrons. The van der Waals surface area contributed by atoms with Crippen molar-refractivity contribution in [2.75, 3.05) is 32.1 Å². The van der Waals surface area contributed by atoms with Gasteiger partial charge in [-0.05, 0) is 17.9 Å². The standard InChI is InChI=1S/C19H24N4O3/c1-26-12-16-9-18(21-13-20-16)22-19(25)23-8-7-17(15(10-23)11-24)14-5-3-2-4-6-14/h2-6,9,13,15,17,24H,7-8,10-12H2,1H3,(H,20,21,22,25)/t15-,17+/m1/s1. The number of hydrogen-bond acceptors (Lipinski definition) is 5. The predicted molar refractivity (Wildman–Crippen MR) is 97.7 cm³/mol. The van der Waals surface area contributed by atoms with E-state index in [9.17, 15) is 9.90 Å². The molecule has 1 aromatic heterocycles. The van der Waals surface area contributed by atoms with Crippen LogP contribution >= 0.6 is 0 Å². The number of hydrogen-bond donors (Lipinski definition) is 2. The third-order valence-corrected chi connectivity index (χ3v) is 4.73. The van der Waals surface area contributed by atoms with E-state index in [0.717, 1.165) is 6.42 Å². The van der Waals surface area contributed by atoms with Gasteiger partial charge >= 0.3 is 6.03 Å². The highest BCUT2D eigenvalue weighted by molar-refractivity contribution is 5.88. The van der Waals surface area contributed by atoms with Gasteiger partial charge in [0, 0.05) is 38.8 Å². The van der Waals surface area contributed by atoms with Crippen LogP contribution in [0.4, 0.5) is 10.6 Å². The van der Waals surface area contributed by atoms with E-state index in [-0.39, 0.29) is 24.5 Å². The van der Waals surface area contributed by atoms with Crippen molar-refractivity contribution in [1.29, 1.82) is 0 Å². The van der Waals surface area contributed by atoms with E-state index in [1.807, 2.05) is 18.2 Å². The van der Waals surface area contributed by atoms with Crippen LogP contribution < -0.4 is 5.32 Å². The lowest BCUT2D eigenvalue weighted by Gasteiger charge is -2.38. The van der Waals surface area contributed by atoms with Crippen molar-refractivity contribution in [3.63, 3.8) is 0 Å². The van der Waals surface area contributed by atoms with Gasteiger partial charge in [0.2, 0.25) is 0 Å². The van der Waals surface area contributed by atoms with Gasteiger partial charge in [0.25, 0.3) is 0 Å². The maximum Gasteiger partial charge on any atom is 0.323 e. The molecule has 7 nitrogen and oxygen atoms in total. The summed E-state index contributed by atoms with van der Waals surface area (Å²) in [6.07, 6.45) is 2.23. The minimum absolute atomic E-state index is 0.0198. The zero-order chi connectivity index (χ0) is 18.4. The second kappa shape index (κ2) is 8.73. The maximum absolute atomic E-state index is 12.6. The number of ether oxygens (including phenoxy) is 1. The molecule has 0 radical (unpaired) electrons. The zero-order valence-electron chi connectivity index (χ0n) is 14.8. The summed E-state index contributed by atoms with van der Waals surface area (Å²) >= 11 is 0. The minimum Gasteiger partial charge on any atom is -0.396 e. The number of carbonyl (C=O) groups is 1. The fourth-order valence-electron chi connectivity index (χ4n) is 3.42. The second-order valence-electron chi connectivity index (χ2n) is 6.45. The average molecular weight is 356 g/mol. The lowest BCUT2D eigenvalue weighted by atomic mass is 9.81. The average Bonchev–Trinajstić information content (AvgIpc) is 2.68. The Morgan fingerprint density at radius 2 is 2.15 bits per heavy atom. The normalized spacial score (nSPS) is 20.0. The van der Waals surface area contributed by atoms with Crippen LogP contribution in [0.2, 0.25) is 0 Å². The van der Waals surface area contributed by atoms with Crippen LogP contribution in [0.25, 0.3) is 0 Å². The van der Waals surface area contributed by atoms with Crippen LogP contribution in [0.5, 0.6) is 0 Å². The molecule has 2 heterocycles. The summed E-state index contributed by atoms with van der Waals surface area (Å²) in [4.78, 5) is 22.5. The van der Waals surface area contributed by atoms with Gasteiger partial charge in [-0.25, -0.2) is 14.8 Å². The van der Waals surface area contributed by atoms with Gasteiger partial charge in [0.05, 0.1) is 12.3 Å². The molecule has 2 atom stereocenters. The van der Waals surface area contributed by atoms with Gasteiger partial charge in [-0.2, -0.15) is 0 Å². The van der Waals surface area contributed by atoms with E-state index in [1.54, 1.807) is 18.1 Å². The fourth-order valence-corrected chi connectivity index (χ4v) is 3.42. The number of amides is 2. The third-order valence-electron chi connectivity index (χ3n) is 4.73. The molecule has 2 N–H and O–H groups in total. The molecule has 0 unspecified atom stereocenters. The zero-order valence-corrected chi connectivity index (χ0v) is 14.8. The Morgan fingerprint density at radius 3 is 2.88 bits per heavy atom. The first-order chi connectivity index (χ1) is 12.7. The van der Waals surface area contributed by atoms with Crippen LogP contribution in [-0.2, 0) is 11.3 Å². The summed E-state index contributed by atoms with van der Waals surface area (Å²) in [6, 6.07) is 11.7. The van der Waals surface area contributed by atoms with E-state index in [1.165, 1.54) is 11.9 Å². The summed E-state index contributed by atoms with van der Waals surface area (Å²) in [5, 5.41) is 12.6. The highest BCUT2D eigenvalue weighted by atomic mass is 16.5. The molecule has 1 aliphatic rings. The van der Waals surface area contributed by atoms with Crippen LogP contribution in [0, 0.1) is 5.92 Å². The number of piperidine rings is 1. The Hall–Kier alpha value is -2.51. The summed E-state index contributed by atoms with van der Waals surface area (Å²) < 4.78 is 5.05. The SMILES string of the molecule is COCc1cc(NC(=O)N2CC[C@@H](c3ccccc3)[C@@H](CO)C2)ncn1. The molecule has 7 heteroatoms. The Bertz CT molecular complexity index is 726. The summed E-state index contributed by atoms with van der Waals surface area (Å²) in [7, 11) is 1.59. The van der Waals surface area contributed by atoms with Crippen molar-refractivity contribution in [2.24, 2.45) is 5.92 Å². The first kappa shape index (κ1) is 18.3. The van der Waals surface area contributed by atoms with Gasteiger partial charge in [-0.3, -0.25) is 5.32 Å². The molecule has 3 rings (SSSR count). The lowest BCUT2D eigenvalue weighted by molar-refractivity contribution is 0.119. The quantitative estimate of drug-likeness (QED) is 0.858. The van der Waals surface area contributed by atoms with Gasteiger partial charge < -0.3 is 14.7 Å². The number of likely N-dealkylation sites (tertiary alicyclic amines) is 1. The molecule has 0 spiro atoms. The number of aliphatic hydroxyl groups is 1. The molecule has 0 bridgehead atoms. The number of carbonyl (C=O) groups excluding carboxylic acids is 1. The number of benzene rings is 1. The number of rotatable bonds is 5. The topological polar surface area (TPSA) is 87.6 Å². The molecule has 1 aromatic carbocycles. The van der Waals surface area contributed by atoms with E-state index >= 15 is 0 Å². The number of methoxy groups -OCH3 is 1. The number of urea groups is 1. The van der Waals surface area contributed by atoms with Crippen LogP contribution in [0.15, 0.2) is 42.7 Å². The third kappa shape index (κ3) is 4.36. The number of nitrogens with zero attached hydrogens (tertiary/aromatic N) is 3. The summed E-state index contributed by atoms with van der Waals surface area (Å²) in [6.45, 7) is 1.56. The van der Waals surface area contributed by atoms with Crippen molar-refractivity contribution < 1.29 is 14.6 Å². The van der Waals surface area contributed by atoms with E-state index in [4.69, 9.17) is 4.74 Å². The maximum atomic E-state index is 12.6. The van der Waals surface area contributed by atoms with Crippen molar-refractivity contribution >= 4 is 11.8 Å². The Labute approximate surface area is 153 Å². The van der Waals surface area contributed by atoms with Crippen LogP contribution in [-0.4, -0.2) is 52.8 Å². The molecule has 1 aliphatic heterocycles. The van der Waals surface area contributed by atoms with Crippen molar-refractivity contribution in [2.45, 2.75) is 18.9 Å². The molecule has 26 heavy (non-hydrogen) atoms. The highest BCUT2D eigenvalue weighted by Crippen LogP contribution is 2.32. The number of aromatic nitrogens is 2. The molecule has 1 fully saturated rings. The molecular formula is C19H24N4O3. The van der Waals surface area contributed by atoms with Crippen LogP contribution in [0.1, 0.15) is 23.6 Å². The van der Waals surface area contributed by atoms with Crippen molar-refractivity contribution in [1.82, 2.24) is 14.9 Å². The Balaban J connectivity index is 1.63. The highest BCUT2D eigenvalue weighted by Gasteiger charge is 2.32. The second-order valence-corrected chi connectivity index (χ2v) is 6.45. The number of nitrogens with one attached hydrogen (secondary N) is 1. The largest absolute Gasteiger partial charge is 0.396 e. The van der Waals surface area contributed by atoms with Gasteiger partial charge in [0.15, 0.2) is 0 Å². The summed E-state index contributed by atoms with van der Waals surface area (Å²) in [5.74, 6) is 0.728.